The summed E-state index contributed by atoms with van der Waals surface area (Å²) in [5.74, 6) is -3.29. The summed E-state index contributed by atoms with van der Waals surface area (Å²) in [6.45, 7) is 0. The number of carbonyl (C=O) groups excluding carboxylic acids is 1. The molecular formula is C18H23F2NO3. The average Bonchev–Trinajstić information content (AvgIpc) is 2.59. The Morgan fingerprint density at radius 3 is 2.33 bits per heavy atom. The molecule has 1 fully saturated rings. The van der Waals surface area contributed by atoms with Gasteiger partial charge in [-0.2, -0.15) is 0 Å². The first-order valence-corrected chi connectivity index (χ1v) is 7.96. The van der Waals surface area contributed by atoms with Gasteiger partial charge in [0.1, 0.15) is 0 Å². The van der Waals surface area contributed by atoms with Gasteiger partial charge in [-0.3, -0.25) is 4.79 Å². The topological polar surface area (TPSA) is 47.6 Å². The molecule has 0 atom stereocenters. The zero-order chi connectivity index (χ0) is 17.6. The van der Waals surface area contributed by atoms with Crippen LogP contribution in [0.1, 0.15) is 31.2 Å². The van der Waals surface area contributed by atoms with Gasteiger partial charge in [-0.15, -0.1) is 0 Å². The number of ether oxygens (including phenoxy) is 2. The summed E-state index contributed by atoms with van der Waals surface area (Å²) in [6, 6.07) is 9.28. The van der Waals surface area contributed by atoms with Crippen LogP contribution in [0.4, 0.5) is 8.78 Å². The van der Waals surface area contributed by atoms with E-state index in [1.165, 1.54) is 14.2 Å². The van der Waals surface area contributed by atoms with E-state index in [-0.39, 0.29) is 31.6 Å². The van der Waals surface area contributed by atoms with Crippen molar-refractivity contribution < 1.29 is 23.0 Å². The number of amides is 1. The predicted octanol–water partition coefficient (Wildman–Crippen LogP) is 3.59. The Hall–Kier alpha value is -1.79. The molecule has 132 valence electrons. The summed E-state index contributed by atoms with van der Waals surface area (Å²) in [4.78, 5) is 12.5. The minimum absolute atomic E-state index is 0.193. The maximum absolute atomic E-state index is 13.3. The molecule has 0 aromatic heterocycles. The van der Waals surface area contributed by atoms with Crippen molar-refractivity contribution in [2.75, 3.05) is 14.2 Å². The highest BCUT2D eigenvalue weighted by Gasteiger charge is 2.37. The summed E-state index contributed by atoms with van der Waals surface area (Å²) in [7, 11) is 3.00. The maximum Gasteiger partial charge on any atom is 0.248 e. The third-order valence-corrected chi connectivity index (χ3v) is 4.20. The quantitative estimate of drug-likeness (QED) is 0.806. The van der Waals surface area contributed by atoms with Crippen molar-refractivity contribution in [1.29, 1.82) is 0 Å². The molecule has 0 bridgehead atoms. The molecule has 0 heterocycles. The Morgan fingerprint density at radius 2 is 1.79 bits per heavy atom. The van der Waals surface area contributed by atoms with E-state index < -0.39 is 18.1 Å². The fraction of sp³-hybridized carbons (Fsp3) is 0.500. The number of carbonyl (C=O) groups is 1. The van der Waals surface area contributed by atoms with Crippen molar-refractivity contribution in [3.63, 3.8) is 0 Å². The van der Waals surface area contributed by atoms with Crippen LogP contribution in [0, 0.1) is 5.92 Å². The molecule has 0 saturated heterocycles. The summed E-state index contributed by atoms with van der Waals surface area (Å²) < 4.78 is 36.8. The lowest BCUT2D eigenvalue weighted by Gasteiger charge is -2.27. The van der Waals surface area contributed by atoms with Crippen molar-refractivity contribution in [2.45, 2.75) is 37.9 Å². The van der Waals surface area contributed by atoms with E-state index in [1.807, 2.05) is 30.3 Å². The molecule has 1 N–H and O–H groups in total. The SMILES string of the molecule is COC(/C=C(\NC(=O)C1CCC(F)(F)CC1)c1ccccc1)OC. The van der Waals surface area contributed by atoms with Gasteiger partial charge >= 0.3 is 0 Å². The number of nitrogens with one attached hydrogen (secondary N) is 1. The lowest BCUT2D eigenvalue weighted by molar-refractivity contribution is -0.127. The van der Waals surface area contributed by atoms with Crippen molar-refractivity contribution in [1.82, 2.24) is 5.32 Å². The van der Waals surface area contributed by atoms with Crippen LogP contribution in [0.15, 0.2) is 36.4 Å². The van der Waals surface area contributed by atoms with Crippen LogP contribution in [-0.4, -0.2) is 32.3 Å². The Bertz CT molecular complexity index is 561. The number of hydrogen-bond acceptors (Lipinski definition) is 3. The summed E-state index contributed by atoms with van der Waals surface area (Å²) >= 11 is 0. The summed E-state index contributed by atoms with van der Waals surface area (Å²) in [5, 5.41) is 2.85. The molecule has 0 spiro atoms. The van der Waals surface area contributed by atoms with Crippen molar-refractivity contribution in [2.24, 2.45) is 5.92 Å². The van der Waals surface area contributed by atoms with E-state index in [2.05, 4.69) is 5.32 Å². The minimum atomic E-state index is -2.65. The van der Waals surface area contributed by atoms with E-state index in [9.17, 15) is 13.6 Å². The minimum Gasteiger partial charge on any atom is -0.352 e. The number of methoxy groups -OCH3 is 2. The Kier molecular flexibility index (Phi) is 6.45. The van der Waals surface area contributed by atoms with Gasteiger partial charge in [-0.25, -0.2) is 8.78 Å². The van der Waals surface area contributed by atoms with Gasteiger partial charge in [0.25, 0.3) is 0 Å². The first kappa shape index (κ1) is 18.5. The van der Waals surface area contributed by atoms with E-state index >= 15 is 0 Å². The largest absolute Gasteiger partial charge is 0.352 e. The van der Waals surface area contributed by atoms with Gasteiger partial charge < -0.3 is 14.8 Å². The molecule has 24 heavy (non-hydrogen) atoms. The van der Waals surface area contributed by atoms with Crippen LogP contribution in [0.2, 0.25) is 0 Å². The monoisotopic (exact) mass is 339 g/mol. The highest BCUT2D eigenvalue weighted by Crippen LogP contribution is 2.36. The molecule has 4 nitrogen and oxygen atoms in total. The van der Waals surface area contributed by atoms with Crippen LogP contribution in [-0.2, 0) is 14.3 Å². The van der Waals surface area contributed by atoms with E-state index in [0.717, 1.165) is 5.56 Å². The molecule has 0 aliphatic heterocycles. The second kappa shape index (κ2) is 8.35. The average molecular weight is 339 g/mol. The molecule has 1 aliphatic rings. The molecule has 2 rings (SSSR count). The number of halogens is 2. The zero-order valence-corrected chi connectivity index (χ0v) is 13.9. The highest BCUT2D eigenvalue weighted by molar-refractivity contribution is 5.88. The molecule has 0 unspecified atom stereocenters. The second-order valence-corrected chi connectivity index (χ2v) is 5.91. The molecule has 1 aliphatic carbocycles. The molecular weight excluding hydrogens is 316 g/mol. The number of rotatable bonds is 6. The summed E-state index contributed by atoms with van der Waals surface area (Å²) in [6.07, 6.45) is 0.946. The lowest BCUT2D eigenvalue weighted by atomic mass is 9.86. The molecule has 0 radical (unpaired) electrons. The van der Waals surface area contributed by atoms with Crippen LogP contribution in [0.3, 0.4) is 0 Å². The molecule has 1 aromatic carbocycles. The Morgan fingerprint density at radius 1 is 1.21 bits per heavy atom. The highest BCUT2D eigenvalue weighted by atomic mass is 19.3. The normalized spacial score (nSPS) is 18.6. The fourth-order valence-corrected chi connectivity index (χ4v) is 2.73. The van der Waals surface area contributed by atoms with E-state index in [4.69, 9.17) is 9.47 Å². The van der Waals surface area contributed by atoms with Crippen molar-refractivity contribution >= 4 is 11.6 Å². The number of hydrogen-bond donors (Lipinski definition) is 1. The maximum atomic E-state index is 13.3. The predicted molar refractivity (Wildman–Crippen MR) is 87.3 cm³/mol. The Balaban J connectivity index is 2.12. The molecule has 1 aromatic rings. The van der Waals surface area contributed by atoms with Crippen LogP contribution >= 0.6 is 0 Å². The number of benzene rings is 1. The zero-order valence-electron chi connectivity index (χ0n) is 13.9. The van der Waals surface area contributed by atoms with Gasteiger partial charge in [0.2, 0.25) is 11.8 Å². The fourth-order valence-electron chi connectivity index (χ4n) is 2.73. The second-order valence-electron chi connectivity index (χ2n) is 5.91. The van der Waals surface area contributed by atoms with E-state index in [1.54, 1.807) is 6.08 Å². The third-order valence-electron chi connectivity index (χ3n) is 4.20. The first-order valence-electron chi connectivity index (χ1n) is 7.96. The van der Waals surface area contributed by atoms with Crippen LogP contribution < -0.4 is 5.32 Å². The van der Waals surface area contributed by atoms with Crippen molar-refractivity contribution in [3.05, 3.63) is 42.0 Å². The summed E-state index contributed by atoms with van der Waals surface area (Å²) in [5.41, 5.74) is 1.35. The van der Waals surface area contributed by atoms with E-state index in [0.29, 0.717) is 5.70 Å². The van der Waals surface area contributed by atoms with Gasteiger partial charge in [0.05, 0.1) is 0 Å². The smallest absolute Gasteiger partial charge is 0.248 e. The number of alkyl halides is 2. The Labute approximate surface area is 140 Å². The van der Waals surface area contributed by atoms with Gasteiger partial charge in [0, 0.05) is 38.7 Å². The molecule has 1 saturated carbocycles. The lowest BCUT2D eigenvalue weighted by Crippen LogP contribution is -2.35. The third kappa shape index (κ3) is 5.11. The van der Waals surface area contributed by atoms with Gasteiger partial charge in [0.15, 0.2) is 6.29 Å². The van der Waals surface area contributed by atoms with Crippen LogP contribution in [0.5, 0.6) is 0 Å². The standard InChI is InChI=1S/C18H23F2NO3/c1-23-16(24-2)12-15(13-6-4-3-5-7-13)21-17(22)14-8-10-18(19,20)11-9-14/h3-7,12,14,16H,8-11H2,1-2H3,(H,21,22)/b15-12-. The first-order chi connectivity index (χ1) is 11.4. The van der Waals surface area contributed by atoms with Gasteiger partial charge in [-0.05, 0) is 24.5 Å². The van der Waals surface area contributed by atoms with Crippen molar-refractivity contribution in [3.8, 4) is 0 Å². The molecule has 1 amide bonds. The van der Waals surface area contributed by atoms with Gasteiger partial charge in [-0.1, -0.05) is 30.3 Å². The van der Waals surface area contributed by atoms with Crippen LogP contribution in [0.25, 0.3) is 5.70 Å². The molecule has 6 heteroatoms.